The summed E-state index contributed by atoms with van der Waals surface area (Å²) in [6.07, 6.45) is 7.86. The number of nitrogens with zero attached hydrogens (tertiary/aromatic N) is 4. The van der Waals surface area contributed by atoms with Crippen LogP contribution < -0.4 is 5.32 Å². The minimum atomic E-state index is 0.685. The zero-order chi connectivity index (χ0) is 14.7. The standard InChI is InChI=1S/C16H17N5/c1-13-9-19-21(11-13)7-5-18-10-14-12-20-6-3-2-4-16(20)15(14)8-17/h2-4,6,9,11-12,18H,5,7,10H2,1H3. The SMILES string of the molecule is Cc1cnn(CCNCc2cn3ccccc3c2C#N)c1. The van der Waals surface area contributed by atoms with Crippen LogP contribution >= 0.6 is 0 Å². The maximum Gasteiger partial charge on any atom is 0.102 e. The summed E-state index contributed by atoms with van der Waals surface area (Å²) in [7, 11) is 0. The molecule has 0 saturated carbocycles. The lowest BCUT2D eigenvalue weighted by molar-refractivity contribution is 0.554. The van der Waals surface area contributed by atoms with Gasteiger partial charge in [0.25, 0.3) is 0 Å². The van der Waals surface area contributed by atoms with Crippen LogP contribution in [0.15, 0.2) is 43.0 Å². The lowest BCUT2D eigenvalue weighted by atomic mass is 10.2. The third-order valence-electron chi connectivity index (χ3n) is 3.47. The summed E-state index contributed by atoms with van der Waals surface area (Å²) in [4.78, 5) is 0. The van der Waals surface area contributed by atoms with Crippen molar-refractivity contribution < 1.29 is 0 Å². The number of aryl methyl sites for hydroxylation is 1. The Morgan fingerprint density at radius 3 is 3.00 bits per heavy atom. The number of hydrogen-bond acceptors (Lipinski definition) is 3. The molecule has 1 N–H and O–H groups in total. The highest BCUT2D eigenvalue weighted by Gasteiger charge is 2.09. The number of hydrogen-bond donors (Lipinski definition) is 1. The molecule has 3 heterocycles. The van der Waals surface area contributed by atoms with Crippen molar-refractivity contribution in [2.45, 2.75) is 20.0 Å². The summed E-state index contributed by atoms with van der Waals surface area (Å²) in [6.45, 7) is 4.36. The summed E-state index contributed by atoms with van der Waals surface area (Å²) in [6, 6.07) is 8.18. The Morgan fingerprint density at radius 1 is 1.33 bits per heavy atom. The summed E-state index contributed by atoms with van der Waals surface area (Å²) >= 11 is 0. The molecule has 0 aromatic carbocycles. The Hall–Kier alpha value is -2.58. The third-order valence-corrected chi connectivity index (χ3v) is 3.47. The van der Waals surface area contributed by atoms with Crippen LogP contribution in [-0.4, -0.2) is 20.7 Å². The number of nitriles is 1. The van der Waals surface area contributed by atoms with E-state index in [1.54, 1.807) is 0 Å². The molecule has 0 saturated heterocycles. The van der Waals surface area contributed by atoms with Crippen molar-refractivity contribution in [3.63, 3.8) is 0 Å². The van der Waals surface area contributed by atoms with Crippen molar-refractivity contribution in [2.75, 3.05) is 6.54 Å². The minimum Gasteiger partial charge on any atom is -0.322 e. The van der Waals surface area contributed by atoms with Crippen LogP contribution in [0.3, 0.4) is 0 Å². The molecule has 0 fully saturated rings. The monoisotopic (exact) mass is 279 g/mol. The molecule has 0 aliphatic rings. The molecule has 0 radical (unpaired) electrons. The van der Waals surface area contributed by atoms with Crippen molar-refractivity contribution in [3.8, 4) is 6.07 Å². The van der Waals surface area contributed by atoms with Crippen molar-refractivity contribution >= 4 is 5.52 Å². The van der Waals surface area contributed by atoms with Crippen LogP contribution in [-0.2, 0) is 13.1 Å². The Labute approximate surface area is 123 Å². The van der Waals surface area contributed by atoms with Crippen LogP contribution in [0.5, 0.6) is 0 Å². The van der Waals surface area contributed by atoms with Gasteiger partial charge in [-0.15, -0.1) is 0 Å². The van der Waals surface area contributed by atoms with Gasteiger partial charge in [-0.25, -0.2) is 0 Å². The molecule has 0 aliphatic carbocycles. The topological polar surface area (TPSA) is 58.1 Å². The molecule has 3 rings (SSSR count). The largest absolute Gasteiger partial charge is 0.322 e. The van der Waals surface area contributed by atoms with Gasteiger partial charge in [-0.2, -0.15) is 10.4 Å². The van der Waals surface area contributed by atoms with E-state index in [1.165, 1.54) is 5.56 Å². The average Bonchev–Trinajstić information content (AvgIpc) is 3.06. The van der Waals surface area contributed by atoms with E-state index < -0.39 is 0 Å². The molecule has 0 bridgehead atoms. The highest BCUT2D eigenvalue weighted by atomic mass is 15.3. The van der Waals surface area contributed by atoms with E-state index in [2.05, 4.69) is 16.5 Å². The zero-order valence-electron chi connectivity index (χ0n) is 12.0. The van der Waals surface area contributed by atoms with Crippen LogP contribution in [0.2, 0.25) is 0 Å². The predicted molar refractivity (Wildman–Crippen MR) is 80.8 cm³/mol. The fourth-order valence-corrected chi connectivity index (χ4v) is 2.45. The molecule has 0 aliphatic heterocycles. The summed E-state index contributed by atoms with van der Waals surface area (Å²) in [5.74, 6) is 0. The van der Waals surface area contributed by atoms with Gasteiger partial charge in [0.15, 0.2) is 0 Å². The first-order valence-electron chi connectivity index (χ1n) is 6.96. The lowest BCUT2D eigenvalue weighted by Crippen LogP contribution is -2.19. The van der Waals surface area contributed by atoms with Gasteiger partial charge >= 0.3 is 0 Å². The van der Waals surface area contributed by atoms with E-state index in [0.29, 0.717) is 6.54 Å². The van der Waals surface area contributed by atoms with Crippen molar-refractivity contribution in [1.29, 1.82) is 5.26 Å². The quantitative estimate of drug-likeness (QED) is 0.728. The van der Waals surface area contributed by atoms with Crippen LogP contribution in [0.1, 0.15) is 16.7 Å². The van der Waals surface area contributed by atoms with Crippen LogP contribution in [0.25, 0.3) is 5.52 Å². The van der Waals surface area contributed by atoms with Gasteiger partial charge < -0.3 is 9.72 Å². The maximum atomic E-state index is 9.34. The lowest BCUT2D eigenvalue weighted by Gasteiger charge is -2.04. The molecule has 21 heavy (non-hydrogen) atoms. The molecule has 3 aromatic heterocycles. The molecular weight excluding hydrogens is 262 g/mol. The molecule has 3 aromatic rings. The Bertz CT molecular complexity index is 790. The number of fused-ring (bicyclic) bond motifs is 1. The fourth-order valence-electron chi connectivity index (χ4n) is 2.45. The molecule has 0 atom stereocenters. The Kier molecular flexibility index (Phi) is 3.71. The Morgan fingerprint density at radius 2 is 2.24 bits per heavy atom. The molecule has 0 amide bonds. The first-order valence-corrected chi connectivity index (χ1v) is 6.96. The highest BCUT2D eigenvalue weighted by molar-refractivity contribution is 5.65. The number of nitrogens with one attached hydrogen (secondary N) is 1. The second-order valence-electron chi connectivity index (χ2n) is 5.09. The van der Waals surface area contributed by atoms with Crippen molar-refractivity contribution in [2.24, 2.45) is 0 Å². The van der Waals surface area contributed by atoms with Gasteiger partial charge in [-0.3, -0.25) is 4.68 Å². The second kappa shape index (κ2) is 5.81. The fraction of sp³-hybridized carbons (Fsp3) is 0.250. The second-order valence-corrected chi connectivity index (χ2v) is 5.09. The smallest absolute Gasteiger partial charge is 0.102 e. The van der Waals surface area contributed by atoms with E-state index in [0.717, 1.165) is 29.7 Å². The minimum absolute atomic E-state index is 0.685. The van der Waals surface area contributed by atoms with Gasteiger partial charge in [0.05, 0.1) is 23.8 Å². The summed E-state index contributed by atoms with van der Waals surface area (Å²) in [5.41, 5.74) is 3.90. The third kappa shape index (κ3) is 2.81. The van der Waals surface area contributed by atoms with Crippen LogP contribution in [0.4, 0.5) is 0 Å². The average molecular weight is 279 g/mol. The molecule has 0 spiro atoms. The van der Waals surface area contributed by atoms with Crippen LogP contribution in [0, 0.1) is 18.3 Å². The molecule has 5 nitrogen and oxygen atoms in total. The summed E-state index contributed by atoms with van der Waals surface area (Å²) < 4.78 is 3.91. The normalized spacial score (nSPS) is 10.9. The number of pyridine rings is 1. The van der Waals surface area contributed by atoms with E-state index in [1.807, 2.05) is 59.0 Å². The van der Waals surface area contributed by atoms with E-state index >= 15 is 0 Å². The molecule has 106 valence electrons. The number of rotatable bonds is 5. The predicted octanol–water partition coefficient (Wildman–Crippen LogP) is 2.11. The molecule has 0 unspecified atom stereocenters. The van der Waals surface area contributed by atoms with Gasteiger partial charge in [0.1, 0.15) is 6.07 Å². The Balaban J connectivity index is 1.64. The zero-order valence-corrected chi connectivity index (χ0v) is 12.0. The molecular formula is C16H17N5. The first kappa shape index (κ1) is 13.4. The highest BCUT2D eigenvalue weighted by Crippen LogP contribution is 2.17. The van der Waals surface area contributed by atoms with Gasteiger partial charge in [0, 0.05) is 37.2 Å². The van der Waals surface area contributed by atoms with Gasteiger partial charge in [0.2, 0.25) is 0 Å². The van der Waals surface area contributed by atoms with Gasteiger partial charge in [-0.1, -0.05) is 6.07 Å². The summed E-state index contributed by atoms with van der Waals surface area (Å²) in [5, 5.41) is 17.0. The van der Waals surface area contributed by atoms with Crippen molar-refractivity contribution in [3.05, 3.63) is 59.7 Å². The first-order chi connectivity index (χ1) is 10.3. The van der Waals surface area contributed by atoms with Gasteiger partial charge in [-0.05, 0) is 24.6 Å². The van der Waals surface area contributed by atoms with E-state index in [9.17, 15) is 5.26 Å². The molecule has 5 heteroatoms. The van der Waals surface area contributed by atoms with E-state index in [-0.39, 0.29) is 0 Å². The maximum absolute atomic E-state index is 9.34. The van der Waals surface area contributed by atoms with E-state index in [4.69, 9.17) is 0 Å². The number of aromatic nitrogens is 3. The van der Waals surface area contributed by atoms with Crippen molar-refractivity contribution in [1.82, 2.24) is 19.5 Å².